The quantitative estimate of drug-likeness (QED) is 0.842. The molecule has 1 aromatic heterocycles. The van der Waals surface area contributed by atoms with E-state index in [1.165, 1.54) is 5.56 Å². The van der Waals surface area contributed by atoms with E-state index in [9.17, 15) is 4.79 Å². The summed E-state index contributed by atoms with van der Waals surface area (Å²) in [6.45, 7) is 5.13. The molecule has 25 heavy (non-hydrogen) atoms. The maximum Gasteiger partial charge on any atom is 0.289 e. The largest absolute Gasteiger partial charge is 0.384 e. The van der Waals surface area contributed by atoms with Crippen molar-refractivity contribution in [3.05, 3.63) is 41.7 Å². The van der Waals surface area contributed by atoms with Gasteiger partial charge in [0.15, 0.2) is 0 Å². The number of ether oxygens (including phenoxy) is 1. The van der Waals surface area contributed by atoms with Gasteiger partial charge in [0.1, 0.15) is 5.69 Å². The number of hydrogen-bond donors (Lipinski definition) is 2. The molecule has 1 aromatic carbocycles. The van der Waals surface area contributed by atoms with Crippen LogP contribution in [0.2, 0.25) is 0 Å². The fourth-order valence-corrected chi connectivity index (χ4v) is 3.23. The van der Waals surface area contributed by atoms with Crippen LogP contribution in [0.3, 0.4) is 0 Å². The molecule has 0 aliphatic carbocycles. The van der Waals surface area contributed by atoms with E-state index >= 15 is 0 Å². The third-order valence-electron chi connectivity index (χ3n) is 4.82. The van der Waals surface area contributed by atoms with Crippen molar-refractivity contribution in [2.45, 2.75) is 19.8 Å². The van der Waals surface area contributed by atoms with Gasteiger partial charge in [0.2, 0.25) is 5.76 Å². The first-order chi connectivity index (χ1) is 12.1. The minimum absolute atomic E-state index is 0.0184. The van der Waals surface area contributed by atoms with E-state index in [2.05, 4.69) is 15.8 Å². The summed E-state index contributed by atoms with van der Waals surface area (Å²) in [5.41, 5.74) is 2.76. The number of methoxy groups -OCH3 is 1. The summed E-state index contributed by atoms with van der Waals surface area (Å²) in [4.78, 5) is 12.4. The lowest BCUT2D eigenvalue weighted by Gasteiger charge is -2.37. The average Bonchev–Trinajstić information content (AvgIpc) is 3.12. The first-order valence-electron chi connectivity index (χ1n) is 8.63. The molecule has 134 valence electrons. The zero-order valence-electron chi connectivity index (χ0n) is 14.8. The van der Waals surface area contributed by atoms with Crippen LogP contribution in [0.4, 0.5) is 0 Å². The first-order valence-corrected chi connectivity index (χ1v) is 8.63. The van der Waals surface area contributed by atoms with Crippen molar-refractivity contribution in [2.75, 3.05) is 33.4 Å². The van der Waals surface area contributed by atoms with Gasteiger partial charge in [-0.25, -0.2) is 0 Å². The van der Waals surface area contributed by atoms with Gasteiger partial charge in [0, 0.05) is 30.7 Å². The van der Waals surface area contributed by atoms with Crippen LogP contribution >= 0.6 is 0 Å². The third-order valence-corrected chi connectivity index (χ3v) is 4.82. The Kier molecular flexibility index (Phi) is 5.50. The SMILES string of the molecule is COCC1(CNC(=O)c2cc(-c3ccc(C)cc3)no2)CCNCC1. The Bertz CT molecular complexity index is 697. The molecule has 1 saturated heterocycles. The number of carbonyl (C=O) groups excluding carboxylic acids is 1. The Balaban J connectivity index is 1.64. The van der Waals surface area contributed by atoms with Gasteiger partial charge in [-0.15, -0.1) is 0 Å². The van der Waals surface area contributed by atoms with Crippen molar-refractivity contribution in [1.82, 2.24) is 15.8 Å². The number of benzene rings is 1. The monoisotopic (exact) mass is 343 g/mol. The number of nitrogens with one attached hydrogen (secondary N) is 2. The maximum atomic E-state index is 12.4. The van der Waals surface area contributed by atoms with Crippen molar-refractivity contribution in [2.24, 2.45) is 5.41 Å². The highest BCUT2D eigenvalue weighted by molar-refractivity contribution is 5.92. The fraction of sp³-hybridized carbons (Fsp3) is 0.474. The van der Waals surface area contributed by atoms with Gasteiger partial charge in [-0.1, -0.05) is 35.0 Å². The van der Waals surface area contributed by atoms with E-state index in [4.69, 9.17) is 9.26 Å². The molecular weight excluding hydrogens is 318 g/mol. The molecule has 1 aliphatic heterocycles. The summed E-state index contributed by atoms with van der Waals surface area (Å²) in [6, 6.07) is 9.64. The Morgan fingerprint density at radius 3 is 2.72 bits per heavy atom. The average molecular weight is 343 g/mol. The molecule has 6 nitrogen and oxygen atoms in total. The molecule has 2 aromatic rings. The second kappa shape index (κ2) is 7.80. The van der Waals surface area contributed by atoms with Gasteiger partial charge in [-0.2, -0.15) is 0 Å². The van der Waals surface area contributed by atoms with Crippen LogP contribution in [0.5, 0.6) is 0 Å². The van der Waals surface area contributed by atoms with Crippen molar-refractivity contribution >= 4 is 5.91 Å². The Morgan fingerprint density at radius 2 is 2.04 bits per heavy atom. The topological polar surface area (TPSA) is 76.4 Å². The van der Waals surface area contributed by atoms with Gasteiger partial charge in [-0.3, -0.25) is 4.79 Å². The molecule has 0 saturated carbocycles. The van der Waals surface area contributed by atoms with Gasteiger partial charge in [0.05, 0.1) is 6.61 Å². The van der Waals surface area contributed by atoms with E-state index in [1.807, 2.05) is 31.2 Å². The van der Waals surface area contributed by atoms with E-state index in [1.54, 1.807) is 13.2 Å². The lowest BCUT2D eigenvalue weighted by Crippen LogP contribution is -2.47. The lowest BCUT2D eigenvalue weighted by atomic mass is 9.79. The van der Waals surface area contributed by atoms with Crippen molar-refractivity contribution in [3.63, 3.8) is 0 Å². The van der Waals surface area contributed by atoms with Gasteiger partial charge in [0.25, 0.3) is 5.91 Å². The standard InChI is InChI=1S/C19H25N3O3/c1-14-3-5-15(6-4-14)16-11-17(25-22-16)18(23)21-12-19(13-24-2)7-9-20-10-8-19/h3-6,11,20H,7-10,12-13H2,1-2H3,(H,21,23). The number of piperidine rings is 1. The zero-order valence-corrected chi connectivity index (χ0v) is 14.8. The second-order valence-electron chi connectivity index (χ2n) is 6.81. The highest BCUT2D eigenvalue weighted by Gasteiger charge is 2.33. The predicted octanol–water partition coefficient (Wildman–Crippen LogP) is 2.40. The number of amides is 1. The Morgan fingerprint density at radius 1 is 1.32 bits per heavy atom. The van der Waals surface area contributed by atoms with Crippen LogP contribution in [0, 0.1) is 12.3 Å². The number of aromatic nitrogens is 1. The molecule has 0 spiro atoms. The van der Waals surface area contributed by atoms with E-state index in [-0.39, 0.29) is 17.1 Å². The summed E-state index contributed by atoms with van der Waals surface area (Å²) in [5.74, 6) is -0.00283. The van der Waals surface area contributed by atoms with Crippen LogP contribution in [-0.4, -0.2) is 44.4 Å². The van der Waals surface area contributed by atoms with E-state index in [0.717, 1.165) is 31.5 Å². The number of aryl methyl sites for hydroxylation is 1. The number of carbonyl (C=O) groups is 1. The highest BCUT2D eigenvalue weighted by atomic mass is 16.5. The second-order valence-corrected chi connectivity index (χ2v) is 6.81. The molecule has 1 amide bonds. The molecule has 0 atom stereocenters. The number of hydrogen-bond acceptors (Lipinski definition) is 5. The summed E-state index contributed by atoms with van der Waals surface area (Å²) in [6.07, 6.45) is 1.96. The third kappa shape index (κ3) is 4.27. The molecule has 2 N–H and O–H groups in total. The van der Waals surface area contributed by atoms with Gasteiger partial charge < -0.3 is 19.9 Å². The molecule has 1 aliphatic rings. The molecule has 2 heterocycles. The predicted molar refractivity (Wildman–Crippen MR) is 95.4 cm³/mol. The molecular formula is C19H25N3O3. The summed E-state index contributed by atoms with van der Waals surface area (Å²) in [5, 5.41) is 10.3. The van der Waals surface area contributed by atoms with Crippen LogP contribution in [0.15, 0.2) is 34.9 Å². The Hall–Kier alpha value is -2.18. The zero-order chi connectivity index (χ0) is 17.7. The molecule has 0 unspecified atom stereocenters. The van der Waals surface area contributed by atoms with Gasteiger partial charge in [-0.05, 0) is 32.9 Å². The van der Waals surface area contributed by atoms with Crippen LogP contribution in [0.25, 0.3) is 11.3 Å². The summed E-state index contributed by atoms with van der Waals surface area (Å²) < 4.78 is 10.6. The van der Waals surface area contributed by atoms with E-state index < -0.39 is 0 Å². The smallest absolute Gasteiger partial charge is 0.289 e. The summed E-state index contributed by atoms with van der Waals surface area (Å²) >= 11 is 0. The first kappa shape index (κ1) is 17.6. The molecule has 1 fully saturated rings. The number of rotatable bonds is 6. The maximum absolute atomic E-state index is 12.4. The van der Waals surface area contributed by atoms with Gasteiger partial charge >= 0.3 is 0 Å². The van der Waals surface area contributed by atoms with Crippen molar-refractivity contribution in [3.8, 4) is 11.3 Å². The lowest BCUT2D eigenvalue weighted by molar-refractivity contribution is 0.0504. The summed E-state index contributed by atoms with van der Waals surface area (Å²) in [7, 11) is 1.70. The minimum Gasteiger partial charge on any atom is -0.384 e. The van der Waals surface area contributed by atoms with E-state index in [0.29, 0.717) is 18.8 Å². The molecule has 0 bridgehead atoms. The van der Waals surface area contributed by atoms with Crippen LogP contribution in [-0.2, 0) is 4.74 Å². The minimum atomic E-state index is -0.236. The molecule has 3 rings (SSSR count). The van der Waals surface area contributed by atoms with Crippen molar-refractivity contribution in [1.29, 1.82) is 0 Å². The molecule has 6 heteroatoms. The normalized spacial score (nSPS) is 16.6. The Labute approximate surface area is 147 Å². The molecule has 0 radical (unpaired) electrons. The van der Waals surface area contributed by atoms with Crippen LogP contribution in [0.1, 0.15) is 29.0 Å². The fourth-order valence-electron chi connectivity index (χ4n) is 3.23. The van der Waals surface area contributed by atoms with Crippen LogP contribution < -0.4 is 10.6 Å². The van der Waals surface area contributed by atoms with Crippen molar-refractivity contribution < 1.29 is 14.1 Å². The highest BCUT2D eigenvalue weighted by Crippen LogP contribution is 2.28. The number of nitrogens with zero attached hydrogens (tertiary/aromatic N) is 1.